The van der Waals surface area contributed by atoms with Crippen LogP contribution in [-0.2, 0) is 6.54 Å². The molecule has 2 aromatic heterocycles. The lowest BCUT2D eigenvalue weighted by Gasteiger charge is -2.10. The first-order chi connectivity index (χ1) is 11.3. The molecule has 2 N–H and O–H groups in total. The fourth-order valence-electron chi connectivity index (χ4n) is 1.84. The minimum Gasteiger partial charge on any atom is -0.468 e. The molecule has 2 aromatic rings. The molecule has 24 heavy (non-hydrogen) atoms. The predicted molar refractivity (Wildman–Crippen MR) is 85.5 cm³/mol. The van der Waals surface area contributed by atoms with Gasteiger partial charge in [0.2, 0.25) is 5.88 Å². The molecule has 0 saturated carbocycles. The second kappa shape index (κ2) is 7.48. The molecule has 0 bridgehead atoms. The maximum atomic E-state index is 12.1. The first kappa shape index (κ1) is 18.0. The maximum absolute atomic E-state index is 12.1. The zero-order chi connectivity index (χ0) is 17.7. The second-order valence-electron chi connectivity index (χ2n) is 4.94. The first-order valence-electron chi connectivity index (χ1n) is 6.81. The molecule has 0 fully saturated rings. The van der Waals surface area contributed by atoms with Crippen LogP contribution in [0.3, 0.4) is 0 Å². The van der Waals surface area contributed by atoms with E-state index >= 15 is 0 Å². The number of aryl methyl sites for hydroxylation is 1. The number of halogens is 4. The highest BCUT2D eigenvalue weighted by atomic mass is 35.5. The molecule has 0 spiro atoms. The molecule has 0 unspecified atom stereocenters. The van der Waals surface area contributed by atoms with Crippen molar-refractivity contribution in [3.8, 4) is 5.88 Å². The van der Waals surface area contributed by atoms with E-state index in [1.165, 1.54) is 18.6 Å². The van der Waals surface area contributed by atoms with Gasteiger partial charge in [0.15, 0.2) is 6.61 Å². The van der Waals surface area contributed by atoms with Gasteiger partial charge in [-0.15, -0.1) is 0 Å². The topological polar surface area (TPSA) is 73.4 Å². The van der Waals surface area contributed by atoms with Crippen molar-refractivity contribution in [1.29, 1.82) is 0 Å². The van der Waals surface area contributed by atoms with E-state index in [1.54, 1.807) is 19.1 Å². The Morgan fingerprint density at radius 1 is 1.38 bits per heavy atom. The lowest BCUT2D eigenvalue weighted by molar-refractivity contribution is -0.154. The molecule has 5 nitrogen and oxygen atoms in total. The Morgan fingerprint density at radius 3 is 2.75 bits per heavy atom. The third-order valence-electron chi connectivity index (χ3n) is 2.93. The summed E-state index contributed by atoms with van der Waals surface area (Å²) in [6.07, 6.45) is -0.0136. The summed E-state index contributed by atoms with van der Waals surface area (Å²) >= 11 is 5.93. The number of nitrogen functional groups attached to an aromatic ring is 1. The van der Waals surface area contributed by atoms with Gasteiger partial charge in [-0.05, 0) is 24.6 Å². The van der Waals surface area contributed by atoms with Crippen molar-refractivity contribution < 1.29 is 17.9 Å². The van der Waals surface area contributed by atoms with Gasteiger partial charge in [0.1, 0.15) is 5.15 Å². The molecule has 0 saturated heterocycles. The van der Waals surface area contributed by atoms with E-state index in [9.17, 15) is 13.2 Å². The highest BCUT2D eigenvalue weighted by molar-refractivity contribution is 6.32. The number of hydrogen-bond acceptors (Lipinski definition) is 5. The molecule has 2 rings (SSSR count). The molecule has 0 atom stereocenters. The molecule has 0 aromatic carbocycles. The van der Waals surface area contributed by atoms with Gasteiger partial charge in [-0.2, -0.15) is 13.2 Å². The monoisotopic (exact) mass is 358 g/mol. The van der Waals surface area contributed by atoms with E-state index in [-0.39, 0.29) is 17.6 Å². The maximum Gasteiger partial charge on any atom is 0.422 e. The summed E-state index contributed by atoms with van der Waals surface area (Å²) in [4.78, 5) is 12.0. The summed E-state index contributed by atoms with van der Waals surface area (Å²) in [6.45, 7) is 0.497. The summed E-state index contributed by atoms with van der Waals surface area (Å²) < 4.78 is 41.1. The average molecular weight is 359 g/mol. The van der Waals surface area contributed by atoms with E-state index in [1.807, 2.05) is 0 Å². The van der Waals surface area contributed by atoms with Crippen molar-refractivity contribution in [3.63, 3.8) is 0 Å². The fourth-order valence-corrected chi connectivity index (χ4v) is 2.05. The van der Waals surface area contributed by atoms with Crippen LogP contribution < -0.4 is 10.5 Å². The number of pyridine rings is 2. The quantitative estimate of drug-likeness (QED) is 0.655. The molecule has 0 amide bonds. The lowest BCUT2D eigenvalue weighted by atomic mass is 10.2. The van der Waals surface area contributed by atoms with E-state index in [2.05, 4.69) is 19.7 Å². The van der Waals surface area contributed by atoms with Crippen LogP contribution in [0.5, 0.6) is 5.88 Å². The second-order valence-corrected chi connectivity index (χ2v) is 5.30. The molecule has 0 radical (unpaired) electrons. The van der Waals surface area contributed by atoms with Gasteiger partial charge < -0.3 is 10.5 Å². The minimum atomic E-state index is -4.40. The van der Waals surface area contributed by atoms with E-state index in [0.29, 0.717) is 22.4 Å². The molecular weight excluding hydrogens is 345 g/mol. The number of hydrogen-bond donors (Lipinski definition) is 1. The highest BCUT2D eigenvalue weighted by Crippen LogP contribution is 2.21. The number of alkyl halides is 3. The van der Waals surface area contributed by atoms with E-state index in [4.69, 9.17) is 17.3 Å². The fraction of sp³-hybridized carbons (Fsp3) is 0.267. The molecule has 0 aliphatic carbocycles. The van der Waals surface area contributed by atoms with Gasteiger partial charge in [-0.1, -0.05) is 11.6 Å². The van der Waals surface area contributed by atoms with Crippen LogP contribution >= 0.6 is 11.6 Å². The van der Waals surface area contributed by atoms with Gasteiger partial charge >= 0.3 is 6.18 Å². The zero-order valence-corrected chi connectivity index (χ0v) is 13.4. The van der Waals surface area contributed by atoms with Crippen molar-refractivity contribution >= 4 is 23.5 Å². The number of nitrogens with zero attached hydrogens (tertiary/aromatic N) is 3. The predicted octanol–water partition coefficient (Wildman–Crippen LogP) is 3.58. The summed E-state index contributed by atoms with van der Waals surface area (Å²) in [7, 11) is 0. The number of nitrogens with two attached hydrogens (primary N) is 1. The van der Waals surface area contributed by atoms with Crippen molar-refractivity contribution in [2.45, 2.75) is 19.6 Å². The van der Waals surface area contributed by atoms with Crippen LogP contribution in [0.2, 0.25) is 5.15 Å². The zero-order valence-electron chi connectivity index (χ0n) is 12.6. The molecular formula is C15H14ClF3N4O. The Kier molecular flexibility index (Phi) is 5.61. The highest BCUT2D eigenvalue weighted by Gasteiger charge is 2.28. The van der Waals surface area contributed by atoms with Crippen LogP contribution in [0.4, 0.5) is 18.9 Å². The van der Waals surface area contributed by atoms with Gasteiger partial charge in [0, 0.05) is 29.9 Å². The molecule has 2 heterocycles. The summed E-state index contributed by atoms with van der Waals surface area (Å²) in [5.74, 6) is -0.0559. The van der Waals surface area contributed by atoms with Crippen LogP contribution in [0, 0.1) is 6.92 Å². The molecule has 0 aliphatic heterocycles. The molecule has 9 heteroatoms. The van der Waals surface area contributed by atoms with Crippen molar-refractivity contribution in [2.24, 2.45) is 4.99 Å². The van der Waals surface area contributed by atoms with Crippen LogP contribution in [0.15, 0.2) is 29.5 Å². The van der Waals surface area contributed by atoms with Crippen LogP contribution in [0.25, 0.3) is 0 Å². The largest absolute Gasteiger partial charge is 0.468 e. The SMILES string of the molecule is Cc1cc(C/N=C/c2c(N)ccnc2Cl)cnc1OCC(F)(F)F. The Bertz CT molecular complexity index is 730. The summed E-state index contributed by atoms with van der Waals surface area (Å²) in [5, 5.41) is 0.240. The molecule has 0 aliphatic rings. The Morgan fingerprint density at radius 2 is 2.12 bits per heavy atom. The van der Waals surface area contributed by atoms with Gasteiger partial charge in [0.05, 0.1) is 12.1 Å². The standard InChI is InChI=1S/C15H14ClF3N4O/c1-9-4-10(6-23-14(9)24-8-15(17,18)19)5-21-7-11-12(20)2-3-22-13(11)16/h2-4,6-7H,5,8H2,1H3,(H2,20,22)/b21-7+. The minimum absolute atomic E-state index is 0.0559. The number of ether oxygens (including phenoxy) is 1. The van der Waals surface area contributed by atoms with Crippen LogP contribution in [0.1, 0.15) is 16.7 Å². The number of anilines is 1. The summed E-state index contributed by atoms with van der Waals surface area (Å²) in [5.41, 5.74) is 7.93. The normalized spacial score (nSPS) is 11.9. The third kappa shape index (κ3) is 5.09. The first-order valence-corrected chi connectivity index (χ1v) is 7.19. The van der Waals surface area contributed by atoms with Crippen molar-refractivity contribution in [2.75, 3.05) is 12.3 Å². The van der Waals surface area contributed by atoms with Gasteiger partial charge in [0.25, 0.3) is 0 Å². The average Bonchev–Trinajstić information content (AvgIpc) is 2.48. The Labute approximate surface area is 141 Å². The summed E-state index contributed by atoms with van der Waals surface area (Å²) in [6, 6.07) is 3.26. The number of aliphatic imine (C=N–C) groups is 1. The van der Waals surface area contributed by atoms with E-state index in [0.717, 1.165) is 0 Å². The number of aromatic nitrogens is 2. The lowest BCUT2D eigenvalue weighted by Crippen LogP contribution is -2.20. The third-order valence-corrected chi connectivity index (χ3v) is 3.23. The van der Waals surface area contributed by atoms with Crippen molar-refractivity contribution in [3.05, 3.63) is 46.4 Å². The van der Waals surface area contributed by atoms with Crippen LogP contribution in [-0.4, -0.2) is 29.0 Å². The number of rotatable bonds is 5. The van der Waals surface area contributed by atoms with Crippen molar-refractivity contribution in [1.82, 2.24) is 9.97 Å². The Hall–Kier alpha value is -2.35. The van der Waals surface area contributed by atoms with Gasteiger partial charge in [-0.25, -0.2) is 9.97 Å². The Balaban J connectivity index is 2.03. The molecule has 128 valence electrons. The van der Waals surface area contributed by atoms with E-state index < -0.39 is 12.8 Å². The van der Waals surface area contributed by atoms with Gasteiger partial charge in [-0.3, -0.25) is 4.99 Å². The smallest absolute Gasteiger partial charge is 0.422 e.